The van der Waals surface area contributed by atoms with Crippen molar-refractivity contribution in [2.45, 2.75) is 24.3 Å². The van der Waals surface area contributed by atoms with Crippen molar-refractivity contribution in [1.29, 1.82) is 0 Å². The Morgan fingerprint density at radius 3 is 2.70 bits per heavy atom. The molecular formula is C16H14N6O3S2. The summed E-state index contributed by atoms with van der Waals surface area (Å²) in [5, 5.41) is 11.1. The van der Waals surface area contributed by atoms with Crippen LogP contribution < -0.4 is 5.56 Å². The van der Waals surface area contributed by atoms with Crippen LogP contribution in [0.5, 0.6) is 0 Å². The first-order valence-corrected chi connectivity index (χ1v) is 10.5. The van der Waals surface area contributed by atoms with Crippen molar-refractivity contribution in [1.82, 2.24) is 29.8 Å². The second-order valence-electron chi connectivity index (χ2n) is 5.72. The highest BCUT2D eigenvalue weighted by Gasteiger charge is 2.22. The Kier molecular flexibility index (Phi) is 4.32. The molecule has 0 fully saturated rings. The molecule has 11 heteroatoms. The normalized spacial score (nSPS) is 11.9. The van der Waals surface area contributed by atoms with Crippen LogP contribution in [0.25, 0.3) is 16.3 Å². The van der Waals surface area contributed by atoms with E-state index in [1.807, 2.05) is 25.1 Å². The van der Waals surface area contributed by atoms with E-state index in [4.69, 9.17) is 0 Å². The molecule has 0 saturated carbocycles. The van der Waals surface area contributed by atoms with E-state index in [1.54, 1.807) is 12.1 Å². The number of hydrogen-bond donors (Lipinski definition) is 1. The van der Waals surface area contributed by atoms with Crippen molar-refractivity contribution in [3.05, 3.63) is 57.5 Å². The van der Waals surface area contributed by atoms with E-state index in [9.17, 15) is 13.2 Å². The van der Waals surface area contributed by atoms with Gasteiger partial charge in [-0.1, -0.05) is 48.6 Å². The number of nitrogens with one attached hydrogen (secondary N) is 1. The fraction of sp³-hybridized carbons (Fsp3) is 0.188. The highest BCUT2D eigenvalue weighted by Crippen LogP contribution is 2.18. The summed E-state index contributed by atoms with van der Waals surface area (Å²) >= 11 is 1.26. The van der Waals surface area contributed by atoms with E-state index in [2.05, 4.69) is 25.3 Å². The zero-order chi connectivity index (χ0) is 19.0. The number of aromatic amines is 1. The van der Waals surface area contributed by atoms with Crippen molar-refractivity contribution in [2.24, 2.45) is 0 Å². The first kappa shape index (κ1) is 17.5. The molecule has 27 heavy (non-hydrogen) atoms. The van der Waals surface area contributed by atoms with Crippen molar-refractivity contribution < 1.29 is 8.42 Å². The lowest BCUT2D eigenvalue weighted by Crippen LogP contribution is -2.17. The van der Waals surface area contributed by atoms with Gasteiger partial charge in [-0.15, -0.1) is 0 Å². The summed E-state index contributed by atoms with van der Waals surface area (Å²) in [5.41, 5.74) is 0.428. The third kappa shape index (κ3) is 3.38. The lowest BCUT2D eigenvalue weighted by Gasteiger charge is -2.00. The van der Waals surface area contributed by atoms with Gasteiger partial charge in [-0.3, -0.25) is 4.79 Å². The number of fused-ring (bicyclic) bond motifs is 1. The summed E-state index contributed by atoms with van der Waals surface area (Å²) in [4.78, 5) is 20.9. The predicted octanol–water partition coefficient (Wildman–Crippen LogP) is 1.47. The molecule has 1 N–H and O–H groups in total. The quantitative estimate of drug-likeness (QED) is 0.536. The molecule has 4 rings (SSSR count). The minimum Gasteiger partial charge on any atom is -0.267 e. The fourth-order valence-electron chi connectivity index (χ4n) is 2.48. The first-order chi connectivity index (χ1) is 13.0. The monoisotopic (exact) mass is 402 g/mol. The predicted molar refractivity (Wildman–Crippen MR) is 99.2 cm³/mol. The number of H-pyrrole nitrogens is 1. The molecule has 138 valence electrons. The molecule has 0 spiro atoms. The topological polar surface area (TPSA) is 123 Å². The number of sulfone groups is 1. The summed E-state index contributed by atoms with van der Waals surface area (Å²) in [5.74, 6) is -0.172. The summed E-state index contributed by atoms with van der Waals surface area (Å²) in [6.45, 7) is 1.92. The third-order valence-electron chi connectivity index (χ3n) is 3.77. The standard InChI is InChI=1S/C16H14N6O3S2/c1-2-12-21-22-13(23)8-11(17-16(22)26-12)9-27(24,25)15-18-14(19-20-15)10-6-4-3-5-7-10/h3-8H,2,9H2,1H3,(H,18,19,20). The largest absolute Gasteiger partial charge is 0.275 e. The minimum atomic E-state index is -3.84. The van der Waals surface area contributed by atoms with Crippen molar-refractivity contribution in [2.75, 3.05) is 0 Å². The third-order valence-corrected chi connectivity index (χ3v) is 6.27. The Morgan fingerprint density at radius 1 is 1.19 bits per heavy atom. The van der Waals surface area contributed by atoms with Gasteiger partial charge in [-0.25, -0.2) is 18.5 Å². The maximum atomic E-state index is 12.7. The minimum absolute atomic E-state index is 0.143. The van der Waals surface area contributed by atoms with E-state index in [0.717, 1.165) is 5.01 Å². The van der Waals surface area contributed by atoms with Crippen LogP contribution in [0.1, 0.15) is 17.6 Å². The van der Waals surface area contributed by atoms with Crippen LogP contribution in [0.3, 0.4) is 0 Å². The van der Waals surface area contributed by atoms with Crippen LogP contribution in [-0.2, 0) is 22.0 Å². The van der Waals surface area contributed by atoms with E-state index in [0.29, 0.717) is 16.9 Å². The molecule has 3 aromatic heterocycles. The highest BCUT2D eigenvalue weighted by molar-refractivity contribution is 7.90. The van der Waals surface area contributed by atoms with Gasteiger partial charge in [0.1, 0.15) is 10.8 Å². The first-order valence-electron chi connectivity index (χ1n) is 8.05. The van der Waals surface area contributed by atoms with Crippen LogP contribution in [0.2, 0.25) is 0 Å². The second-order valence-corrected chi connectivity index (χ2v) is 8.66. The molecule has 0 atom stereocenters. The molecule has 3 heterocycles. The maximum absolute atomic E-state index is 12.7. The van der Waals surface area contributed by atoms with E-state index in [1.165, 1.54) is 21.9 Å². The van der Waals surface area contributed by atoms with Crippen molar-refractivity contribution in [3.8, 4) is 11.4 Å². The molecule has 0 unspecified atom stereocenters. The molecule has 4 aromatic rings. The Balaban J connectivity index is 1.67. The molecule has 0 aliphatic carbocycles. The zero-order valence-corrected chi connectivity index (χ0v) is 15.8. The maximum Gasteiger partial charge on any atom is 0.275 e. The molecule has 9 nitrogen and oxygen atoms in total. The van der Waals surface area contributed by atoms with Gasteiger partial charge in [-0.2, -0.15) is 19.7 Å². The van der Waals surface area contributed by atoms with Crippen LogP contribution in [0.4, 0.5) is 0 Å². The molecular weight excluding hydrogens is 388 g/mol. The number of aromatic nitrogens is 6. The van der Waals surface area contributed by atoms with Gasteiger partial charge in [0.25, 0.3) is 5.56 Å². The van der Waals surface area contributed by atoms with Gasteiger partial charge in [-0.05, 0) is 6.42 Å². The molecule has 0 aliphatic rings. The Bertz CT molecular complexity index is 1270. The lowest BCUT2D eigenvalue weighted by atomic mass is 10.2. The van der Waals surface area contributed by atoms with Crippen LogP contribution >= 0.6 is 11.3 Å². The van der Waals surface area contributed by atoms with Gasteiger partial charge < -0.3 is 0 Å². The summed E-state index contributed by atoms with van der Waals surface area (Å²) < 4.78 is 26.5. The molecule has 0 bridgehead atoms. The summed E-state index contributed by atoms with van der Waals surface area (Å²) in [6.07, 6.45) is 0.668. The molecule has 0 saturated heterocycles. The number of rotatable bonds is 5. The van der Waals surface area contributed by atoms with Crippen molar-refractivity contribution in [3.63, 3.8) is 0 Å². The zero-order valence-electron chi connectivity index (χ0n) is 14.2. The smallest absolute Gasteiger partial charge is 0.267 e. The number of benzene rings is 1. The van der Waals surface area contributed by atoms with E-state index >= 15 is 0 Å². The van der Waals surface area contributed by atoms with Crippen LogP contribution in [-0.4, -0.2) is 38.2 Å². The van der Waals surface area contributed by atoms with Gasteiger partial charge in [0, 0.05) is 11.6 Å². The second kappa shape index (κ2) is 6.67. The van der Waals surface area contributed by atoms with Crippen LogP contribution in [0.15, 0.2) is 46.3 Å². The average molecular weight is 402 g/mol. The summed E-state index contributed by atoms with van der Waals surface area (Å²) in [6, 6.07) is 10.2. The van der Waals surface area contributed by atoms with Gasteiger partial charge >= 0.3 is 0 Å². The molecule has 0 amide bonds. The van der Waals surface area contributed by atoms with Gasteiger partial charge in [0.05, 0.1) is 5.69 Å². The molecule has 0 radical (unpaired) electrons. The summed E-state index contributed by atoms with van der Waals surface area (Å²) in [7, 11) is -3.84. The van der Waals surface area contributed by atoms with Crippen molar-refractivity contribution >= 4 is 26.1 Å². The van der Waals surface area contributed by atoms with E-state index < -0.39 is 21.1 Å². The molecule has 1 aromatic carbocycles. The lowest BCUT2D eigenvalue weighted by molar-refractivity contribution is 0.586. The SMILES string of the molecule is CCc1nn2c(=O)cc(CS(=O)(=O)c3nc(-c4ccccc4)n[nH]3)nc2s1. The number of hydrogen-bond acceptors (Lipinski definition) is 8. The number of aryl methyl sites for hydroxylation is 1. The van der Waals surface area contributed by atoms with Gasteiger partial charge in [0.15, 0.2) is 5.82 Å². The highest BCUT2D eigenvalue weighted by atomic mass is 32.2. The Labute approximate surface area is 157 Å². The average Bonchev–Trinajstić information content (AvgIpc) is 3.30. The molecule has 0 aliphatic heterocycles. The van der Waals surface area contributed by atoms with Gasteiger partial charge in [0.2, 0.25) is 20.0 Å². The number of nitrogens with zero attached hydrogens (tertiary/aromatic N) is 5. The van der Waals surface area contributed by atoms with E-state index in [-0.39, 0.29) is 16.7 Å². The fourth-order valence-corrected chi connectivity index (χ4v) is 4.42. The van der Waals surface area contributed by atoms with Crippen LogP contribution in [0, 0.1) is 0 Å². The Morgan fingerprint density at radius 2 is 1.96 bits per heavy atom. The Hall–Kier alpha value is -2.92.